The highest BCUT2D eigenvalue weighted by atomic mass is 32.2. The van der Waals surface area contributed by atoms with E-state index in [0.29, 0.717) is 6.42 Å². The van der Waals surface area contributed by atoms with Crippen molar-refractivity contribution in [1.82, 2.24) is 4.72 Å². The maximum atomic E-state index is 12.7. The Kier molecular flexibility index (Phi) is 6.04. The summed E-state index contributed by atoms with van der Waals surface area (Å²) in [5, 5.41) is 2.34. The molecule has 0 spiro atoms. The van der Waals surface area contributed by atoms with Gasteiger partial charge in [-0.05, 0) is 42.8 Å². The van der Waals surface area contributed by atoms with E-state index in [2.05, 4.69) is 10.0 Å². The largest absolute Gasteiger partial charge is 0.416 e. The maximum absolute atomic E-state index is 12.7. The van der Waals surface area contributed by atoms with Gasteiger partial charge in [-0.2, -0.15) is 13.2 Å². The normalized spacial score (nSPS) is 12.0. The smallest absolute Gasteiger partial charge is 0.322 e. The van der Waals surface area contributed by atoms with Crippen LogP contribution in [0.3, 0.4) is 0 Å². The molecule has 0 bridgehead atoms. The van der Waals surface area contributed by atoms with Crippen LogP contribution in [0.4, 0.5) is 18.9 Å². The minimum absolute atomic E-state index is 0.0155. The molecule has 0 aliphatic heterocycles. The van der Waals surface area contributed by atoms with E-state index in [1.54, 1.807) is 6.92 Å². The molecule has 0 saturated carbocycles. The Balaban J connectivity index is 2.22. The summed E-state index contributed by atoms with van der Waals surface area (Å²) in [5.74, 6) is -0.711. The quantitative estimate of drug-likeness (QED) is 0.796. The van der Waals surface area contributed by atoms with Crippen molar-refractivity contribution in [2.24, 2.45) is 0 Å². The maximum Gasteiger partial charge on any atom is 0.416 e. The molecule has 0 aliphatic carbocycles. The van der Waals surface area contributed by atoms with Crippen LogP contribution in [-0.2, 0) is 16.2 Å². The monoisotopic (exact) mass is 386 g/mol. The highest BCUT2D eigenvalue weighted by Crippen LogP contribution is 2.30. The Hall–Kier alpha value is -2.39. The van der Waals surface area contributed by atoms with Crippen molar-refractivity contribution in [2.75, 3.05) is 11.9 Å². The van der Waals surface area contributed by atoms with Gasteiger partial charge in [0.2, 0.25) is 10.0 Å². The van der Waals surface area contributed by atoms with Crippen LogP contribution in [0.25, 0.3) is 0 Å². The molecule has 0 aliphatic rings. The van der Waals surface area contributed by atoms with Crippen molar-refractivity contribution in [2.45, 2.75) is 24.4 Å². The first kappa shape index (κ1) is 19.9. The van der Waals surface area contributed by atoms with Gasteiger partial charge >= 0.3 is 6.18 Å². The zero-order chi connectivity index (χ0) is 19.4. The van der Waals surface area contributed by atoms with Crippen LogP contribution < -0.4 is 10.0 Å². The predicted molar refractivity (Wildman–Crippen MR) is 91.3 cm³/mol. The summed E-state index contributed by atoms with van der Waals surface area (Å²) >= 11 is 0. The number of alkyl halides is 3. The summed E-state index contributed by atoms with van der Waals surface area (Å²) in [6.07, 6.45) is -3.92. The predicted octanol–water partition coefficient (Wildman–Crippen LogP) is 3.65. The van der Waals surface area contributed by atoms with Crippen molar-refractivity contribution in [3.63, 3.8) is 0 Å². The Morgan fingerprint density at radius 3 is 2.42 bits per heavy atom. The molecular formula is C17H17F3N2O3S. The van der Waals surface area contributed by atoms with Crippen molar-refractivity contribution in [3.05, 3.63) is 59.7 Å². The van der Waals surface area contributed by atoms with E-state index in [-0.39, 0.29) is 22.7 Å². The zero-order valence-electron chi connectivity index (χ0n) is 13.8. The summed E-state index contributed by atoms with van der Waals surface area (Å²) in [6, 6.07) is 9.46. The van der Waals surface area contributed by atoms with E-state index < -0.39 is 27.7 Å². The molecule has 5 nitrogen and oxygen atoms in total. The minimum atomic E-state index is -4.53. The molecule has 1 amide bonds. The lowest BCUT2D eigenvalue weighted by molar-refractivity contribution is -0.137. The lowest BCUT2D eigenvalue weighted by Gasteiger charge is -2.11. The Labute approximate surface area is 149 Å². The Morgan fingerprint density at radius 1 is 1.08 bits per heavy atom. The molecule has 2 aromatic rings. The number of benzene rings is 2. The highest BCUT2D eigenvalue weighted by Gasteiger charge is 2.30. The van der Waals surface area contributed by atoms with Gasteiger partial charge in [0.05, 0.1) is 10.5 Å². The number of nitrogens with one attached hydrogen (secondary N) is 2. The molecule has 2 rings (SSSR count). The lowest BCUT2D eigenvalue weighted by atomic mass is 10.1. The van der Waals surface area contributed by atoms with E-state index in [4.69, 9.17) is 0 Å². The highest BCUT2D eigenvalue weighted by molar-refractivity contribution is 7.89. The molecule has 2 N–H and O–H groups in total. The van der Waals surface area contributed by atoms with Crippen LogP contribution in [0.15, 0.2) is 53.4 Å². The molecule has 140 valence electrons. The van der Waals surface area contributed by atoms with Crippen LogP contribution >= 0.6 is 0 Å². The minimum Gasteiger partial charge on any atom is -0.322 e. The number of hydrogen-bond acceptors (Lipinski definition) is 3. The third-order valence-electron chi connectivity index (χ3n) is 3.40. The van der Waals surface area contributed by atoms with Gasteiger partial charge < -0.3 is 5.32 Å². The van der Waals surface area contributed by atoms with Gasteiger partial charge in [-0.25, -0.2) is 13.1 Å². The number of sulfonamides is 1. The second kappa shape index (κ2) is 7.88. The molecule has 0 fully saturated rings. The summed E-state index contributed by atoms with van der Waals surface area (Å²) < 4.78 is 64.8. The summed E-state index contributed by atoms with van der Waals surface area (Å²) in [4.78, 5) is 12.2. The summed E-state index contributed by atoms with van der Waals surface area (Å²) in [7, 11) is -3.76. The van der Waals surface area contributed by atoms with Gasteiger partial charge in [0.25, 0.3) is 5.91 Å². The number of amides is 1. The number of carbonyl (C=O) groups is 1. The second-order valence-electron chi connectivity index (χ2n) is 5.46. The van der Waals surface area contributed by atoms with E-state index in [1.165, 1.54) is 36.4 Å². The van der Waals surface area contributed by atoms with Gasteiger partial charge in [0.1, 0.15) is 0 Å². The zero-order valence-corrected chi connectivity index (χ0v) is 14.6. The Morgan fingerprint density at radius 2 is 1.77 bits per heavy atom. The average Bonchev–Trinajstić information content (AvgIpc) is 2.59. The molecule has 0 saturated heterocycles. The van der Waals surface area contributed by atoms with Crippen LogP contribution in [-0.4, -0.2) is 20.9 Å². The number of rotatable bonds is 6. The molecular weight excluding hydrogens is 369 g/mol. The topological polar surface area (TPSA) is 75.3 Å². The molecule has 0 atom stereocenters. The number of anilines is 1. The number of halogens is 3. The second-order valence-corrected chi connectivity index (χ2v) is 7.23. The molecule has 0 aromatic heterocycles. The van der Waals surface area contributed by atoms with E-state index in [0.717, 1.165) is 12.1 Å². The van der Waals surface area contributed by atoms with E-state index in [9.17, 15) is 26.4 Å². The average molecular weight is 386 g/mol. The van der Waals surface area contributed by atoms with E-state index >= 15 is 0 Å². The van der Waals surface area contributed by atoms with Crippen LogP contribution in [0.1, 0.15) is 29.3 Å². The lowest BCUT2D eigenvalue weighted by Crippen LogP contribution is -2.24. The van der Waals surface area contributed by atoms with E-state index in [1.807, 2.05) is 0 Å². The van der Waals surface area contributed by atoms with Gasteiger partial charge in [-0.15, -0.1) is 0 Å². The molecule has 2 aromatic carbocycles. The Bertz CT molecular complexity index is 896. The molecule has 0 unspecified atom stereocenters. The number of hydrogen-bond donors (Lipinski definition) is 2. The fraction of sp³-hybridized carbons (Fsp3) is 0.235. The first-order valence-corrected chi connectivity index (χ1v) is 9.20. The standard InChI is InChI=1S/C17H17F3N2O3S/c1-2-9-21-26(24,25)15-8-3-5-12(10-15)16(23)22-14-7-4-6-13(11-14)17(18,19)20/h3-8,10-11,21H,2,9H2,1H3,(H,22,23). The number of carbonyl (C=O) groups excluding carboxylic acids is 1. The third kappa shape index (κ3) is 5.06. The first-order valence-electron chi connectivity index (χ1n) is 7.72. The van der Waals surface area contributed by atoms with Gasteiger partial charge in [-0.3, -0.25) is 4.79 Å². The fourth-order valence-electron chi connectivity index (χ4n) is 2.10. The molecule has 0 radical (unpaired) electrons. The molecule has 26 heavy (non-hydrogen) atoms. The molecule has 9 heteroatoms. The summed E-state index contributed by atoms with van der Waals surface area (Å²) in [5.41, 5.74) is -0.917. The van der Waals surface area contributed by atoms with Gasteiger partial charge in [-0.1, -0.05) is 19.1 Å². The van der Waals surface area contributed by atoms with Gasteiger partial charge in [0, 0.05) is 17.8 Å². The van der Waals surface area contributed by atoms with Crippen LogP contribution in [0, 0.1) is 0 Å². The van der Waals surface area contributed by atoms with Gasteiger partial charge in [0.15, 0.2) is 0 Å². The SMILES string of the molecule is CCCNS(=O)(=O)c1cccc(C(=O)Nc2cccc(C(F)(F)F)c2)c1. The van der Waals surface area contributed by atoms with Crippen LogP contribution in [0.5, 0.6) is 0 Å². The fourth-order valence-corrected chi connectivity index (χ4v) is 3.28. The van der Waals surface area contributed by atoms with Crippen LogP contribution in [0.2, 0.25) is 0 Å². The van der Waals surface area contributed by atoms with Crippen molar-refractivity contribution >= 4 is 21.6 Å². The van der Waals surface area contributed by atoms with Crippen molar-refractivity contribution < 1.29 is 26.4 Å². The molecule has 0 heterocycles. The summed E-state index contributed by atoms with van der Waals surface area (Å²) in [6.45, 7) is 2.06. The first-order chi connectivity index (χ1) is 12.1. The van der Waals surface area contributed by atoms with Crippen molar-refractivity contribution in [1.29, 1.82) is 0 Å². The third-order valence-corrected chi connectivity index (χ3v) is 4.86. The van der Waals surface area contributed by atoms with Crippen molar-refractivity contribution in [3.8, 4) is 0 Å².